The molecule has 6 heteroatoms. The standard InChI is InChI=1S/C15H27N3O2S/c1-12(2)18-11-13(14(16-18)15(3,4)5)21(19,20)17-9-7-6-8-10-17/h11-12H,6-10H2,1-5H3. The van der Waals surface area contributed by atoms with E-state index in [9.17, 15) is 8.42 Å². The van der Waals surface area contributed by atoms with Crippen LogP contribution in [0.1, 0.15) is 65.6 Å². The van der Waals surface area contributed by atoms with Crippen LogP contribution >= 0.6 is 0 Å². The summed E-state index contributed by atoms with van der Waals surface area (Å²) in [4.78, 5) is 0.380. The summed E-state index contributed by atoms with van der Waals surface area (Å²) < 4.78 is 29.3. The number of hydrogen-bond donors (Lipinski definition) is 0. The molecule has 2 heterocycles. The lowest BCUT2D eigenvalue weighted by Crippen LogP contribution is -2.36. The van der Waals surface area contributed by atoms with E-state index in [2.05, 4.69) is 5.10 Å². The molecule has 5 nitrogen and oxygen atoms in total. The van der Waals surface area contributed by atoms with Crippen molar-refractivity contribution in [2.45, 2.75) is 70.2 Å². The first kappa shape index (κ1) is 16.5. The van der Waals surface area contributed by atoms with E-state index in [1.165, 1.54) is 0 Å². The fourth-order valence-electron chi connectivity index (χ4n) is 2.59. The summed E-state index contributed by atoms with van der Waals surface area (Å²) in [6.07, 6.45) is 4.71. The highest BCUT2D eigenvalue weighted by molar-refractivity contribution is 7.89. The number of rotatable bonds is 3. The SMILES string of the molecule is CC(C)n1cc(S(=O)(=O)N2CCCCC2)c(C(C)(C)C)n1. The van der Waals surface area contributed by atoms with Crippen LogP contribution in [0.2, 0.25) is 0 Å². The lowest BCUT2D eigenvalue weighted by Gasteiger charge is -2.27. The zero-order valence-corrected chi connectivity index (χ0v) is 14.6. The van der Waals surface area contributed by atoms with Gasteiger partial charge in [-0.1, -0.05) is 27.2 Å². The third-order valence-electron chi connectivity index (χ3n) is 3.87. The van der Waals surface area contributed by atoms with Crippen LogP contribution in [0.3, 0.4) is 0 Å². The van der Waals surface area contributed by atoms with Crippen LogP contribution in [0.4, 0.5) is 0 Å². The Bertz CT molecular complexity index is 591. The van der Waals surface area contributed by atoms with Crippen LogP contribution in [-0.4, -0.2) is 35.6 Å². The molecule has 1 aliphatic heterocycles. The Morgan fingerprint density at radius 1 is 1.14 bits per heavy atom. The van der Waals surface area contributed by atoms with Gasteiger partial charge in [-0.25, -0.2) is 8.42 Å². The van der Waals surface area contributed by atoms with Crippen LogP contribution in [0.15, 0.2) is 11.1 Å². The van der Waals surface area contributed by atoms with Gasteiger partial charge >= 0.3 is 0 Å². The van der Waals surface area contributed by atoms with Crippen molar-refractivity contribution in [2.24, 2.45) is 0 Å². The lowest BCUT2D eigenvalue weighted by molar-refractivity contribution is 0.345. The molecule has 1 saturated heterocycles. The van der Waals surface area contributed by atoms with E-state index in [0.29, 0.717) is 23.7 Å². The zero-order valence-electron chi connectivity index (χ0n) is 13.8. The van der Waals surface area contributed by atoms with E-state index in [-0.39, 0.29) is 11.5 Å². The van der Waals surface area contributed by atoms with Crippen LogP contribution < -0.4 is 0 Å². The lowest BCUT2D eigenvalue weighted by atomic mass is 9.92. The van der Waals surface area contributed by atoms with Gasteiger partial charge < -0.3 is 0 Å². The third-order valence-corrected chi connectivity index (χ3v) is 5.77. The second-order valence-corrected chi connectivity index (χ2v) is 9.04. The Hall–Kier alpha value is -0.880. The highest BCUT2D eigenvalue weighted by Gasteiger charge is 2.34. The van der Waals surface area contributed by atoms with E-state index >= 15 is 0 Å². The van der Waals surface area contributed by atoms with Gasteiger partial charge in [0.15, 0.2) is 0 Å². The van der Waals surface area contributed by atoms with Gasteiger partial charge in [0.2, 0.25) is 10.0 Å². The molecule has 0 N–H and O–H groups in total. The van der Waals surface area contributed by atoms with Gasteiger partial charge in [0.1, 0.15) is 4.90 Å². The average molecular weight is 313 g/mol. The second-order valence-electron chi connectivity index (χ2n) is 7.13. The number of sulfonamides is 1. The summed E-state index contributed by atoms with van der Waals surface area (Å²) in [7, 11) is -3.44. The molecule has 120 valence electrons. The molecule has 0 atom stereocenters. The molecule has 1 aromatic heterocycles. The van der Waals surface area contributed by atoms with Gasteiger partial charge in [0.25, 0.3) is 0 Å². The fraction of sp³-hybridized carbons (Fsp3) is 0.800. The topological polar surface area (TPSA) is 55.2 Å². The normalized spacial score (nSPS) is 18.4. The van der Waals surface area contributed by atoms with Crippen molar-refractivity contribution in [2.75, 3.05) is 13.1 Å². The van der Waals surface area contributed by atoms with Crippen molar-refractivity contribution in [1.29, 1.82) is 0 Å². The van der Waals surface area contributed by atoms with E-state index < -0.39 is 10.0 Å². The minimum absolute atomic E-state index is 0.149. The monoisotopic (exact) mass is 313 g/mol. The molecule has 0 aromatic carbocycles. The molecule has 1 aromatic rings. The van der Waals surface area contributed by atoms with Gasteiger partial charge in [-0.15, -0.1) is 0 Å². The van der Waals surface area contributed by atoms with E-state index in [1.807, 2.05) is 34.6 Å². The predicted molar refractivity (Wildman–Crippen MR) is 83.9 cm³/mol. The molecule has 0 aliphatic carbocycles. The second kappa shape index (κ2) is 5.72. The molecule has 21 heavy (non-hydrogen) atoms. The summed E-state index contributed by atoms with van der Waals surface area (Å²) in [5.41, 5.74) is 0.375. The molecular weight excluding hydrogens is 286 g/mol. The summed E-state index contributed by atoms with van der Waals surface area (Å²) in [5.74, 6) is 0. The predicted octanol–water partition coefficient (Wildman–Crippen LogP) is 2.94. The first-order chi connectivity index (χ1) is 9.64. The molecule has 0 bridgehead atoms. The van der Waals surface area contributed by atoms with Crippen LogP contribution in [0.5, 0.6) is 0 Å². The largest absolute Gasteiger partial charge is 0.269 e. The third kappa shape index (κ3) is 3.31. The summed E-state index contributed by atoms with van der Waals surface area (Å²) >= 11 is 0. The molecule has 0 spiro atoms. The maximum Gasteiger partial charge on any atom is 0.246 e. The highest BCUT2D eigenvalue weighted by Crippen LogP contribution is 2.31. The van der Waals surface area contributed by atoms with Crippen molar-refractivity contribution in [3.8, 4) is 0 Å². The first-order valence-electron chi connectivity index (χ1n) is 7.74. The van der Waals surface area contributed by atoms with Gasteiger partial charge in [0.05, 0.1) is 5.69 Å². The average Bonchev–Trinajstić information content (AvgIpc) is 2.85. The number of nitrogens with zero attached hydrogens (tertiary/aromatic N) is 3. The Balaban J connectivity index is 2.50. The Morgan fingerprint density at radius 3 is 2.19 bits per heavy atom. The number of piperidine rings is 1. The Labute approximate surface area is 128 Å². The molecular formula is C15H27N3O2S. The van der Waals surface area contributed by atoms with E-state index in [0.717, 1.165) is 19.3 Å². The maximum absolute atomic E-state index is 13.0. The van der Waals surface area contributed by atoms with Crippen molar-refractivity contribution in [3.05, 3.63) is 11.9 Å². The van der Waals surface area contributed by atoms with Gasteiger partial charge in [-0.05, 0) is 26.7 Å². The summed E-state index contributed by atoms with van der Waals surface area (Å²) in [5, 5.41) is 4.55. The number of aromatic nitrogens is 2. The fourth-order valence-corrected chi connectivity index (χ4v) is 4.44. The Kier molecular flexibility index (Phi) is 4.49. The molecule has 0 radical (unpaired) electrons. The van der Waals surface area contributed by atoms with E-state index in [4.69, 9.17) is 0 Å². The maximum atomic E-state index is 13.0. The van der Waals surface area contributed by atoms with Gasteiger partial charge in [0, 0.05) is 30.7 Å². The van der Waals surface area contributed by atoms with Crippen molar-refractivity contribution in [3.63, 3.8) is 0 Å². The molecule has 1 fully saturated rings. The summed E-state index contributed by atoms with van der Waals surface area (Å²) in [6, 6.07) is 0.149. The van der Waals surface area contributed by atoms with E-state index in [1.54, 1.807) is 15.2 Å². The molecule has 2 rings (SSSR count). The minimum atomic E-state index is -3.44. The zero-order chi connectivity index (χ0) is 15.8. The number of hydrogen-bond acceptors (Lipinski definition) is 3. The van der Waals surface area contributed by atoms with Gasteiger partial charge in [-0.3, -0.25) is 4.68 Å². The van der Waals surface area contributed by atoms with Crippen LogP contribution in [0, 0.1) is 0 Å². The minimum Gasteiger partial charge on any atom is -0.269 e. The quantitative estimate of drug-likeness (QED) is 0.862. The van der Waals surface area contributed by atoms with Crippen molar-refractivity contribution in [1.82, 2.24) is 14.1 Å². The van der Waals surface area contributed by atoms with Crippen molar-refractivity contribution >= 4 is 10.0 Å². The van der Waals surface area contributed by atoms with Gasteiger partial charge in [-0.2, -0.15) is 9.40 Å². The van der Waals surface area contributed by atoms with Crippen LogP contribution in [-0.2, 0) is 15.4 Å². The van der Waals surface area contributed by atoms with Crippen LogP contribution in [0.25, 0.3) is 0 Å². The Morgan fingerprint density at radius 2 is 1.71 bits per heavy atom. The first-order valence-corrected chi connectivity index (χ1v) is 9.18. The van der Waals surface area contributed by atoms with Crippen molar-refractivity contribution < 1.29 is 8.42 Å². The molecule has 1 aliphatic rings. The summed E-state index contributed by atoms with van der Waals surface area (Å²) in [6.45, 7) is 11.3. The molecule has 0 unspecified atom stereocenters. The molecule has 0 saturated carbocycles. The highest BCUT2D eigenvalue weighted by atomic mass is 32.2. The smallest absolute Gasteiger partial charge is 0.246 e. The molecule has 0 amide bonds.